The van der Waals surface area contributed by atoms with E-state index in [1.54, 1.807) is 107 Å². The van der Waals surface area contributed by atoms with Crippen molar-refractivity contribution in [1.29, 1.82) is 0 Å². The minimum absolute atomic E-state index is 0.0310. The van der Waals surface area contributed by atoms with Crippen molar-refractivity contribution in [2.75, 3.05) is 111 Å². The number of anilines is 1. The lowest BCUT2D eigenvalue weighted by Gasteiger charge is -2.27. The van der Waals surface area contributed by atoms with E-state index in [9.17, 15) is 47.9 Å². The van der Waals surface area contributed by atoms with Gasteiger partial charge in [0.05, 0.1) is 130 Å². The third-order valence-corrected chi connectivity index (χ3v) is 17.1. The third kappa shape index (κ3) is 19.8. The van der Waals surface area contributed by atoms with Crippen molar-refractivity contribution in [3.05, 3.63) is 123 Å². The molecule has 4 aromatic heterocycles. The zero-order valence-electron chi connectivity index (χ0n) is 58.7. The van der Waals surface area contributed by atoms with Crippen LogP contribution in [-0.2, 0) is 92.6 Å². The van der Waals surface area contributed by atoms with Gasteiger partial charge in [-0.25, -0.2) is 0 Å². The molecular formula is C69H89N17O17. The van der Waals surface area contributed by atoms with Crippen LogP contribution in [0.5, 0.6) is 0 Å². The van der Waals surface area contributed by atoms with Gasteiger partial charge in [-0.15, -0.1) is 0 Å². The number of piperidine rings is 1. The highest BCUT2D eigenvalue weighted by atomic mass is 16.6. The molecule has 0 saturated carbocycles. The molecule has 103 heavy (non-hydrogen) atoms. The normalized spacial score (nSPS) is 14.5. The molecule has 6 heterocycles. The maximum Gasteiger partial charge on any atom is 0.298 e. The second-order valence-electron chi connectivity index (χ2n) is 24.2. The number of nitrogens with one attached hydrogen (secondary N) is 4. The molecule has 0 aliphatic carbocycles. The second kappa shape index (κ2) is 37.0. The van der Waals surface area contributed by atoms with Gasteiger partial charge in [0.1, 0.15) is 24.0 Å². The largest absolute Gasteiger partial charge is 0.382 e. The van der Waals surface area contributed by atoms with Gasteiger partial charge < -0.3 is 78.8 Å². The van der Waals surface area contributed by atoms with E-state index in [4.69, 9.17) is 44.6 Å². The Morgan fingerprint density at radius 1 is 0.592 bits per heavy atom. The van der Waals surface area contributed by atoms with Crippen molar-refractivity contribution in [2.24, 2.45) is 35.5 Å². The first kappa shape index (κ1) is 76.8. The number of nitrogens with zero attached hydrogens (tertiary/aromatic N) is 11. The molecule has 3 aromatic carbocycles. The lowest BCUT2D eigenvalue weighted by molar-refractivity contribution is -0.136. The van der Waals surface area contributed by atoms with Crippen LogP contribution in [0.25, 0.3) is 22.1 Å². The molecule has 8 N–H and O–H groups in total. The summed E-state index contributed by atoms with van der Waals surface area (Å²) < 4.78 is 50.3. The zero-order valence-corrected chi connectivity index (χ0v) is 58.7. The van der Waals surface area contributed by atoms with Crippen molar-refractivity contribution < 1.29 is 81.1 Å². The van der Waals surface area contributed by atoms with Gasteiger partial charge in [0.15, 0.2) is 0 Å². The number of nitrogens with two attached hydrogens (primary N) is 2. The Labute approximate surface area is 591 Å². The Hall–Kier alpha value is -10.4. The van der Waals surface area contributed by atoms with Gasteiger partial charge in [-0.3, -0.25) is 67.5 Å². The standard InChI is InChI=1S/C69H89N17O17/c1-7-84-55(38-43(3)78-84)64(93)76-68-80(5)53-40-45(61(70)90)12-14-50(53)82(68)24-18-47(19-25-83-51-15-13-46(62(71)91)41-54(51)81(6)69(83)77-65(94)56-39-44(4)79-85(56)8-2)103-42-59(89)74-23-29-100-33-35-102-37-36-101-34-30-97-26-20-57(87)73-22-28-99-32-31-98-27-21-72-49-11-9-10-48-60(49)67(96)86(66(48)95)52-16-17-58(88)75-63(52)92/h9-15,38-41,47,52,72H,7-8,16-37,42H2,1-6H3,(H2,70,90)(H2,71,91)(H,73,87)(H,74,89)(H,75,88,92). The van der Waals surface area contributed by atoms with Gasteiger partial charge in [-0.05, 0) is 108 Å². The third-order valence-electron chi connectivity index (χ3n) is 17.1. The summed E-state index contributed by atoms with van der Waals surface area (Å²) in [6.45, 7) is 12.2. The van der Waals surface area contributed by atoms with Crippen LogP contribution in [0.2, 0.25) is 0 Å². The Balaban J connectivity index is 0.676. The Bertz CT molecular complexity index is 4250. The first-order valence-corrected chi connectivity index (χ1v) is 34.1. The summed E-state index contributed by atoms with van der Waals surface area (Å²) >= 11 is 0. The maximum absolute atomic E-state index is 14.0. The van der Waals surface area contributed by atoms with Crippen molar-refractivity contribution in [3.63, 3.8) is 0 Å². The molecule has 34 heteroatoms. The second-order valence-corrected chi connectivity index (χ2v) is 24.2. The summed E-state index contributed by atoms with van der Waals surface area (Å²) in [5, 5.41) is 19.8. The van der Waals surface area contributed by atoms with Gasteiger partial charge in [-0.1, -0.05) is 6.07 Å². The van der Waals surface area contributed by atoms with E-state index < -0.39 is 65.3 Å². The van der Waals surface area contributed by atoms with Crippen LogP contribution in [0.3, 0.4) is 0 Å². The van der Waals surface area contributed by atoms with Crippen LogP contribution in [0.15, 0.2) is 76.7 Å². The van der Waals surface area contributed by atoms with Crippen molar-refractivity contribution in [3.8, 4) is 0 Å². The Morgan fingerprint density at radius 3 is 1.55 bits per heavy atom. The zero-order chi connectivity index (χ0) is 73.7. The van der Waals surface area contributed by atoms with Gasteiger partial charge in [0.2, 0.25) is 46.7 Å². The predicted octanol–water partition coefficient (Wildman–Crippen LogP) is 1.10. The van der Waals surface area contributed by atoms with Crippen LogP contribution in [-0.4, -0.2) is 219 Å². The van der Waals surface area contributed by atoms with Crippen LogP contribution in [0.4, 0.5) is 5.69 Å². The van der Waals surface area contributed by atoms with Crippen LogP contribution >= 0.6 is 0 Å². The summed E-state index contributed by atoms with van der Waals surface area (Å²) in [5.41, 5.74) is 17.5. The van der Waals surface area contributed by atoms with Crippen molar-refractivity contribution in [2.45, 2.75) is 98.1 Å². The number of benzene rings is 3. The number of hydrogen-bond donors (Lipinski definition) is 6. The molecular weight excluding hydrogens is 1340 g/mol. The summed E-state index contributed by atoms with van der Waals surface area (Å²) in [5.74, 6) is -5.26. The number of carbonyl (C=O) groups excluding carboxylic acids is 10. The average Bonchev–Trinajstić information content (AvgIpc) is 1.63. The smallest absolute Gasteiger partial charge is 0.298 e. The molecule has 0 bridgehead atoms. The molecule has 9 rings (SSSR count). The molecule has 1 fully saturated rings. The number of fused-ring (bicyclic) bond motifs is 3. The van der Waals surface area contributed by atoms with Gasteiger partial charge >= 0.3 is 0 Å². The minimum Gasteiger partial charge on any atom is -0.382 e. The fraction of sp³-hybridized carbons (Fsp3) is 0.478. The lowest BCUT2D eigenvalue weighted by Crippen LogP contribution is -2.54. The number of rotatable bonds is 41. The first-order chi connectivity index (χ1) is 49.7. The lowest BCUT2D eigenvalue weighted by atomic mass is 10.0. The van der Waals surface area contributed by atoms with E-state index in [0.717, 1.165) is 4.90 Å². The summed E-state index contributed by atoms with van der Waals surface area (Å²) in [6, 6.07) is 17.0. The fourth-order valence-electron chi connectivity index (χ4n) is 11.9. The first-order valence-electron chi connectivity index (χ1n) is 34.1. The number of imide groups is 2. The molecule has 2 aliphatic rings. The molecule has 552 valence electrons. The fourth-order valence-corrected chi connectivity index (χ4v) is 11.9. The Kier molecular flexibility index (Phi) is 27.6. The minimum atomic E-state index is -1.06. The molecule has 1 unspecified atom stereocenters. The van der Waals surface area contributed by atoms with Gasteiger partial charge in [-0.2, -0.15) is 20.2 Å². The van der Waals surface area contributed by atoms with Gasteiger partial charge in [0, 0.05) is 89.6 Å². The van der Waals surface area contributed by atoms with Crippen LogP contribution < -0.4 is 44.0 Å². The monoisotopic (exact) mass is 1430 g/mol. The quantitative estimate of drug-likeness (QED) is 0.0231. The highest BCUT2D eigenvalue weighted by Gasteiger charge is 2.45. The molecule has 2 aliphatic heterocycles. The summed E-state index contributed by atoms with van der Waals surface area (Å²) in [4.78, 5) is 139. The number of ether oxygens (including phenoxy) is 7. The highest BCUT2D eigenvalue weighted by Crippen LogP contribution is 2.32. The van der Waals surface area contributed by atoms with Crippen LogP contribution in [0.1, 0.15) is 120 Å². The number of carbonyl (C=O) groups is 10. The van der Waals surface area contributed by atoms with Crippen molar-refractivity contribution >= 4 is 86.8 Å². The van der Waals surface area contributed by atoms with E-state index in [2.05, 4.69) is 41.4 Å². The van der Waals surface area contributed by atoms with E-state index in [1.165, 1.54) is 6.07 Å². The van der Waals surface area contributed by atoms with Crippen LogP contribution in [0, 0.1) is 13.8 Å². The number of aromatic nitrogens is 8. The molecule has 34 nitrogen and oxygen atoms in total. The molecule has 7 aromatic rings. The molecule has 1 atom stereocenters. The number of amides is 10. The average molecular weight is 1430 g/mol. The number of primary amides is 2. The van der Waals surface area contributed by atoms with E-state index in [0.29, 0.717) is 96.5 Å². The highest BCUT2D eigenvalue weighted by molar-refractivity contribution is 6.25. The summed E-state index contributed by atoms with van der Waals surface area (Å²) in [7, 11) is 3.46. The topological polar surface area (TPSA) is 419 Å². The van der Waals surface area contributed by atoms with Crippen molar-refractivity contribution in [1.82, 2.24) is 58.7 Å². The number of aryl methyl sites for hydroxylation is 8. The summed E-state index contributed by atoms with van der Waals surface area (Å²) in [6.07, 6.45) is 0.111. The van der Waals surface area contributed by atoms with E-state index in [1.807, 2.05) is 23.0 Å². The van der Waals surface area contributed by atoms with E-state index in [-0.39, 0.29) is 157 Å². The molecule has 0 spiro atoms. The maximum atomic E-state index is 14.0. The van der Waals surface area contributed by atoms with E-state index >= 15 is 0 Å². The number of hydrogen-bond acceptors (Lipinski definition) is 20. The van der Waals surface area contributed by atoms with Gasteiger partial charge in [0.25, 0.3) is 23.6 Å². The molecule has 10 amide bonds. The number of imidazole rings is 2. The predicted molar refractivity (Wildman–Crippen MR) is 370 cm³/mol. The molecule has 1 saturated heterocycles. The SMILES string of the molecule is CCn1nc(C)cc1C(=O)N=c1n(C)c2cc(C(N)=O)ccc2n1CCC(CCn1c(=NC(=O)c2cc(C)nn2CC)n(C)c2cc(C(N)=O)ccc21)OCC(=O)NCCOCCOCCOCCOCCC(=O)NCCOCCOCCNc1cccc2c1C(=O)N(C1CCC(=O)NC1=O)C2=O. The Morgan fingerprint density at radius 2 is 1.07 bits per heavy atom. The molecule has 0 radical (unpaired) electrons.